The van der Waals surface area contributed by atoms with E-state index in [1.54, 1.807) is 31.2 Å². The summed E-state index contributed by atoms with van der Waals surface area (Å²) >= 11 is 3.41. The summed E-state index contributed by atoms with van der Waals surface area (Å²) in [6.45, 7) is 7.40. The number of carbonyl (C=O) groups is 2. The number of Topliss-reactive ketones (excluding diaryl/α,β-unsaturated/α-hetero) is 1. The van der Waals surface area contributed by atoms with Gasteiger partial charge in [-0.05, 0) is 41.9 Å². The number of hydrogen-bond donors (Lipinski definition) is 0. The minimum absolute atomic E-state index is 0.129. The maximum atomic E-state index is 12.7. The van der Waals surface area contributed by atoms with E-state index in [0.717, 1.165) is 0 Å². The summed E-state index contributed by atoms with van der Waals surface area (Å²) in [5.41, 5.74) is 1.34. The van der Waals surface area contributed by atoms with Crippen molar-refractivity contribution in [3.8, 4) is 0 Å². The van der Waals surface area contributed by atoms with Gasteiger partial charge in [0.15, 0.2) is 10.3 Å². The molecule has 4 nitrogen and oxygen atoms in total. The second-order valence-electron chi connectivity index (χ2n) is 5.43. The fourth-order valence-corrected chi connectivity index (χ4v) is 2.77. The molecule has 0 heterocycles. The Morgan fingerprint density at radius 2 is 1.96 bits per heavy atom. The second kappa shape index (κ2) is 7.62. The fourth-order valence-electron chi connectivity index (χ4n) is 2.24. The molecule has 5 heteroatoms. The average molecular weight is 391 g/mol. The maximum Gasteiger partial charge on any atom is 0.334 e. The van der Waals surface area contributed by atoms with E-state index in [1.165, 1.54) is 0 Å². The Morgan fingerprint density at radius 3 is 2.54 bits per heavy atom. The first-order valence-electron chi connectivity index (χ1n) is 7.59. The summed E-state index contributed by atoms with van der Waals surface area (Å²) in [6.07, 6.45) is 3.50. The lowest BCUT2D eigenvalue weighted by molar-refractivity contribution is -0.143. The monoisotopic (exact) mass is 390 g/mol. The van der Waals surface area contributed by atoms with Crippen molar-refractivity contribution in [2.45, 2.75) is 24.8 Å². The molecule has 24 heavy (non-hydrogen) atoms. The molecule has 0 bridgehead atoms. The maximum absolute atomic E-state index is 12.7. The molecule has 126 valence electrons. The molecule has 0 saturated carbocycles. The van der Waals surface area contributed by atoms with Crippen LogP contribution in [0.25, 0.3) is 0 Å². The van der Waals surface area contributed by atoms with Crippen LogP contribution in [-0.2, 0) is 14.3 Å². The summed E-state index contributed by atoms with van der Waals surface area (Å²) in [5.74, 6) is -0.151. The van der Waals surface area contributed by atoms with Gasteiger partial charge >= 0.3 is 5.97 Å². The number of halogens is 1. The zero-order valence-corrected chi connectivity index (χ0v) is 15.3. The third-order valence-electron chi connectivity index (χ3n) is 3.41. The lowest BCUT2D eigenvalue weighted by Gasteiger charge is -2.29. The highest BCUT2D eigenvalue weighted by atomic mass is 79.9. The van der Waals surface area contributed by atoms with E-state index in [0.29, 0.717) is 29.1 Å². The number of allylic oxidation sites excluding steroid dienone is 2. The molecule has 0 aliphatic heterocycles. The molecular weight excluding hydrogens is 372 g/mol. The molecule has 1 aliphatic rings. The number of esters is 1. The van der Waals surface area contributed by atoms with E-state index < -0.39 is 10.5 Å². The van der Waals surface area contributed by atoms with E-state index in [1.807, 2.05) is 25.1 Å². The van der Waals surface area contributed by atoms with E-state index >= 15 is 0 Å². The van der Waals surface area contributed by atoms with Crippen LogP contribution in [0.1, 0.15) is 30.6 Å². The largest absolute Gasteiger partial charge is 0.497 e. The van der Waals surface area contributed by atoms with Crippen LogP contribution in [0.15, 0.2) is 66.0 Å². The predicted molar refractivity (Wildman–Crippen MR) is 95.7 cm³/mol. The highest BCUT2D eigenvalue weighted by molar-refractivity contribution is 9.10. The van der Waals surface area contributed by atoms with Gasteiger partial charge in [-0.15, -0.1) is 0 Å². The van der Waals surface area contributed by atoms with Gasteiger partial charge < -0.3 is 9.47 Å². The van der Waals surface area contributed by atoms with Gasteiger partial charge in [0, 0.05) is 11.1 Å². The average Bonchev–Trinajstić information content (AvgIpc) is 2.55. The Labute approximate surface area is 150 Å². The molecule has 0 radical (unpaired) electrons. The standard InChI is InChI=1S/C19H19BrO4/c1-4-23-16-12-19(20,24-18(22)13(2)3)11-10-15(16)17(21)14-8-6-5-7-9-14/h5-11H,2,4,12H2,1,3H3. The zero-order valence-electron chi connectivity index (χ0n) is 13.7. The van der Waals surface area contributed by atoms with Crippen LogP contribution >= 0.6 is 15.9 Å². The molecule has 0 saturated heterocycles. The van der Waals surface area contributed by atoms with Crippen molar-refractivity contribution in [1.29, 1.82) is 0 Å². The van der Waals surface area contributed by atoms with E-state index in [2.05, 4.69) is 22.5 Å². The molecule has 1 aromatic carbocycles. The zero-order chi connectivity index (χ0) is 17.7. The summed E-state index contributed by atoms with van der Waals surface area (Å²) in [5, 5.41) is 0. The van der Waals surface area contributed by atoms with Gasteiger partial charge in [0.2, 0.25) is 0 Å². The van der Waals surface area contributed by atoms with Gasteiger partial charge in [0.05, 0.1) is 18.6 Å². The Kier molecular flexibility index (Phi) is 5.78. The van der Waals surface area contributed by atoms with Gasteiger partial charge in [-0.2, -0.15) is 0 Å². The van der Waals surface area contributed by atoms with E-state index in [4.69, 9.17) is 9.47 Å². The molecule has 1 aromatic rings. The molecule has 1 unspecified atom stereocenters. The first kappa shape index (κ1) is 18.2. The highest BCUT2D eigenvalue weighted by Gasteiger charge is 2.36. The Bertz CT molecular complexity index is 718. The number of carbonyl (C=O) groups excluding carboxylic acids is 2. The van der Waals surface area contributed by atoms with Gasteiger partial charge in [-0.25, -0.2) is 4.79 Å². The third kappa shape index (κ3) is 4.23. The van der Waals surface area contributed by atoms with Gasteiger partial charge in [-0.1, -0.05) is 36.9 Å². The molecule has 0 spiro atoms. The summed E-state index contributed by atoms with van der Waals surface area (Å²) < 4.78 is 10.0. The van der Waals surface area contributed by atoms with E-state index in [-0.39, 0.29) is 12.2 Å². The van der Waals surface area contributed by atoms with Crippen LogP contribution in [-0.4, -0.2) is 22.9 Å². The first-order valence-corrected chi connectivity index (χ1v) is 8.38. The fraction of sp³-hybridized carbons (Fsp3) is 0.263. The van der Waals surface area contributed by atoms with Crippen molar-refractivity contribution in [2.75, 3.05) is 6.61 Å². The molecule has 1 aliphatic carbocycles. The number of rotatable bonds is 6. The summed E-state index contributed by atoms with van der Waals surface area (Å²) in [4.78, 5) is 24.5. The van der Waals surface area contributed by atoms with Crippen molar-refractivity contribution in [3.05, 3.63) is 71.5 Å². The summed E-state index contributed by atoms with van der Waals surface area (Å²) in [7, 11) is 0. The van der Waals surface area contributed by atoms with Crippen LogP contribution in [0.4, 0.5) is 0 Å². The minimum atomic E-state index is -1.05. The molecule has 1 atom stereocenters. The van der Waals surface area contributed by atoms with Crippen molar-refractivity contribution in [1.82, 2.24) is 0 Å². The number of benzene rings is 1. The lowest BCUT2D eigenvalue weighted by atomic mass is 9.95. The Hall–Kier alpha value is -2.14. The van der Waals surface area contributed by atoms with Crippen molar-refractivity contribution >= 4 is 27.7 Å². The number of hydrogen-bond acceptors (Lipinski definition) is 4. The van der Waals surface area contributed by atoms with Crippen LogP contribution in [0.3, 0.4) is 0 Å². The van der Waals surface area contributed by atoms with Crippen molar-refractivity contribution in [2.24, 2.45) is 0 Å². The third-order valence-corrected chi connectivity index (χ3v) is 4.12. The first-order chi connectivity index (χ1) is 11.4. The molecule has 0 N–H and O–H groups in total. The predicted octanol–water partition coefficient (Wildman–Crippen LogP) is 4.33. The molecule has 0 fully saturated rings. The van der Waals surface area contributed by atoms with Crippen LogP contribution in [0, 0.1) is 0 Å². The van der Waals surface area contributed by atoms with Gasteiger partial charge in [0.1, 0.15) is 5.76 Å². The molecule has 0 amide bonds. The lowest BCUT2D eigenvalue weighted by Crippen LogP contribution is -2.30. The second-order valence-corrected chi connectivity index (χ2v) is 6.77. The van der Waals surface area contributed by atoms with E-state index in [9.17, 15) is 9.59 Å². The smallest absolute Gasteiger partial charge is 0.334 e. The minimum Gasteiger partial charge on any atom is -0.497 e. The normalized spacial score (nSPS) is 19.8. The molecule has 0 aromatic heterocycles. The molecule has 2 rings (SSSR count). The van der Waals surface area contributed by atoms with Gasteiger partial charge in [0.25, 0.3) is 0 Å². The number of ketones is 1. The van der Waals surface area contributed by atoms with Crippen molar-refractivity contribution < 1.29 is 19.1 Å². The quantitative estimate of drug-likeness (QED) is 0.314. The molecular formula is C19H19BrO4. The Balaban J connectivity index is 2.30. The van der Waals surface area contributed by atoms with Gasteiger partial charge in [-0.3, -0.25) is 4.79 Å². The Morgan fingerprint density at radius 1 is 1.29 bits per heavy atom. The SMILES string of the molecule is C=C(C)C(=O)OC1(Br)C=CC(C(=O)c2ccccc2)=C(OCC)C1. The number of alkyl halides is 1. The summed E-state index contributed by atoms with van der Waals surface area (Å²) in [6, 6.07) is 8.98. The van der Waals surface area contributed by atoms with Crippen LogP contribution in [0.2, 0.25) is 0 Å². The van der Waals surface area contributed by atoms with Crippen LogP contribution < -0.4 is 0 Å². The number of ether oxygens (including phenoxy) is 2. The van der Waals surface area contributed by atoms with Crippen molar-refractivity contribution in [3.63, 3.8) is 0 Å². The van der Waals surface area contributed by atoms with Crippen LogP contribution in [0.5, 0.6) is 0 Å². The highest BCUT2D eigenvalue weighted by Crippen LogP contribution is 2.37. The topological polar surface area (TPSA) is 52.6 Å².